The second-order valence-corrected chi connectivity index (χ2v) is 8.43. The average Bonchev–Trinajstić information content (AvgIpc) is 3.01. The molecule has 1 aliphatic rings. The van der Waals surface area contributed by atoms with Gasteiger partial charge in [0.15, 0.2) is 17.2 Å². The van der Waals surface area contributed by atoms with Gasteiger partial charge in [0.2, 0.25) is 0 Å². The Morgan fingerprint density at radius 1 is 1.35 bits per heavy atom. The van der Waals surface area contributed by atoms with Gasteiger partial charge < -0.3 is 9.29 Å². The highest BCUT2D eigenvalue weighted by Crippen LogP contribution is 2.43. The maximum Gasteiger partial charge on any atom is 0.338 e. The summed E-state index contributed by atoms with van der Waals surface area (Å²) in [6.07, 6.45) is -0.0266. The molecule has 2 heterocycles. The number of nitrogens with zero attached hydrogens (tertiary/aromatic N) is 2. The lowest BCUT2D eigenvalue weighted by Gasteiger charge is -2.37. The van der Waals surface area contributed by atoms with Crippen molar-refractivity contribution in [1.82, 2.24) is 4.68 Å². The summed E-state index contributed by atoms with van der Waals surface area (Å²) in [4.78, 5) is 12.6. The smallest absolute Gasteiger partial charge is 0.338 e. The Hall–Kier alpha value is -1.77. The zero-order valence-corrected chi connectivity index (χ0v) is 16.8. The third kappa shape index (κ3) is 3.41. The lowest BCUT2D eigenvalue weighted by Crippen LogP contribution is -2.47. The predicted octanol–water partition coefficient (Wildman–Crippen LogP) is 3.54. The number of ether oxygens (including phenoxy) is 1. The third-order valence-corrected chi connectivity index (χ3v) is 6.77. The maximum absolute atomic E-state index is 12.6. The van der Waals surface area contributed by atoms with E-state index in [2.05, 4.69) is 21.0 Å². The van der Waals surface area contributed by atoms with Crippen molar-refractivity contribution < 1.29 is 18.3 Å². The van der Waals surface area contributed by atoms with Crippen molar-refractivity contribution in [2.45, 2.75) is 30.7 Å². The molecular formula is C18H19BrN2O4S. The number of hydrogen-bond acceptors (Lipinski definition) is 4. The van der Waals surface area contributed by atoms with Gasteiger partial charge in [-0.25, -0.2) is 13.7 Å². The van der Waals surface area contributed by atoms with Gasteiger partial charge in [-0.1, -0.05) is 41.1 Å². The van der Waals surface area contributed by atoms with Gasteiger partial charge in [0.05, 0.1) is 22.7 Å². The van der Waals surface area contributed by atoms with Gasteiger partial charge in [0.1, 0.15) is 4.32 Å². The minimum absolute atomic E-state index is 0.151. The van der Waals surface area contributed by atoms with Crippen LogP contribution in [0.2, 0.25) is 0 Å². The van der Waals surface area contributed by atoms with Crippen LogP contribution in [0, 0.1) is 0 Å². The molecule has 1 aromatic heterocycles. The Kier molecular flexibility index (Phi) is 5.45. The summed E-state index contributed by atoms with van der Waals surface area (Å²) in [7, 11) is 0. The molecule has 0 saturated heterocycles. The standard InChI is InChI=1S/C18H19BrN2O4S/c1-3-14-9-10-15-16(25-17(22)13-7-5-4-6-8-13)18(19,11-26(23)24)12(2)20-21(14)15/h4-10,16H,3,11H2,1-2H3,(H,23,24). The summed E-state index contributed by atoms with van der Waals surface area (Å²) < 4.78 is 27.6. The van der Waals surface area contributed by atoms with E-state index in [1.807, 2.05) is 25.1 Å². The summed E-state index contributed by atoms with van der Waals surface area (Å²) in [5, 5.41) is 4.56. The van der Waals surface area contributed by atoms with E-state index in [1.54, 1.807) is 35.9 Å². The molecule has 1 N–H and O–H groups in total. The fourth-order valence-corrected chi connectivity index (χ4v) is 4.71. The highest BCUT2D eigenvalue weighted by atomic mass is 79.9. The van der Waals surface area contributed by atoms with E-state index in [0.717, 1.165) is 12.1 Å². The van der Waals surface area contributed by atoms with Crippen LogP contribution in [0.25, 0.3) is 0 Å². The van der Waals surface area contributed by atoms with Crippen molar-refractivity contribution in [1.29, 1.82) is 0 Å². The summed E-state index contributed by atoms with van der Waals surface area (Å²) in [6.45, 7) is 3.77. The molecule has 6 nitrogen and oxygen atoms in total. The first-order chi connectivity index (χ1) is 12.4. The summed E-state index contributed by atoms with van der Waals surface area (Å²) >= 11 is 1.45. The van der Waals surface area contributed by atoms with Crippen molar-refractivity contribution >= 4 is 38.7 Å². The molecule has 8 heteroatoms. The molecule has 26 heavy (non-hydrogen) atoms. The molecule has 0 fully saturated rings. The van der Waals surface area contributed by atoms with Crippen molar-refractivity contribution in [2.24, 2.45) is 5.10 Å². The molecule has 0 aliphatic carbocycles. The molecule has 0 spiro atoms. The first-order valence-electron chi connectivity index (χ1n) is 8.15. The topological polar surface area (TPSA) is 80.9 Å². The number of carbonyl (C=O) groups is 1. The van der Waals surface area contributed by atoms with Crippen LogP contribution in [-0.4, -0.2) is 35.2 Å². The third-order valence-electron chi connectivity index (χ3n) is 4.43. The van der Waals surface area contributed by atoms with E-state index < -0.39 is 27.5 Å². The maximum atomic E-state index is 12.6. The summed E-state index contributed by atoms with van der Waals surface area (Å²) in [6, 6.07) is 12.4. The first-order valence-corrected chi connectivity index (χ1v) is 10.2. The molecule has 3 atom stereocenters. The molecule has 3 unspecified atom stereocenters. The van der Waals surface area contributed by atoms with Gasteiger partial charge in [0.25, 0.3) is 0 Å². The lowest BCUT2D eigenvalue weighted by molar-refractivity contribution is 0.0242. The van der Waals surface area contributed by atoms with Crippen LogP contribution in [-0.2, 0) is 22.2 Å². The van der Waals surface area contributed by atoms with E-state index in [0.29, 0.717) is 17.0 Å². The van der Waals surface area contributed by atoms with Gasteiger partial charge in [-0.05, 0) is 37.6 Å². The second kappa shape index (κ2) is 7.46. The quantitative estimate of drug-likeness (QED) is 0.439. The van der Waals surface area contributed by atoms with E-state index >= 15 is 0 Å². The SMILES string of the molecule is CCc1ccc2n1N=C(C)C(Br)(CS(=O)O)C2OC(=O)c1ccccc1. The van der Waals surface area contributed by atoms with E-state index in [-0.39, 0.29) is 5.75 Å². The van der Waals surface area contributed by atoms with Crippen molar-refractivity contribution in [3.05, 3.63) is 59.4 Å². The largest absolute Gasteiger partial charge is 0.450 e. The lowest BCUT2D eigenvalue weighted by atomic mass is 9.95. The fourth-order valence-electron chi connectivity index (χ4n) is 3.00. The Bertz CT molecular complexity index is 881. The summed E-state index contributed by atoms with van der Waals surface area (Å²) in [5.41, 5.74) is 2.63. The molecular weight excluding hydrogens is 420 g/mol. The number of fused-ring (bicyclic) bond motifs is 1. The van der Waals surface area contributed by atoms with Crippen LogP contribution >= 0.6 is 15.9 Å². The van der Waals surface area contributed by atoms with Gasteiger partial charge >= 0.3 is 5.97 Å². The number of aromatic nitrogens is 1. The Morgan fingerprint density at radius 3 is 2.65 bits per heavy atom. The van der Waals surface area contributed by atoms with Gasteiger partial charge in [0, 0.05) is 5.69 Å². The van der Waals surface area contributed by atoms with Crippen LogP contribution in [0.4, 0.5) is 0 Å². The monoisotopic (exact) mass is 438 g/mol. The second-order valence-electron chi connectivity index (χ2n) is 6.08. The number of aryl methyl sites for hydroxylation is 1. The first kappa shape index (κ1) is 19.0. The van der Waals surface area contributed by atoms with Gasteiger partial charge in [-0.15, -0.1) is 0 Å². The number of alkyl halides is 1. The zero-order chi connectivity index (χ0) is 18.9. The molecule has 2 aromatic rings. The van der Waals surface area contributed by atoms with Crippen LogP contribution in [0.15, 0.2) is 47.6 Å². The van der Waals surface area contributed by atoms with Crippen LogP contribution in [0.5, 0.6) is 0 Å². The highest BCUT2D eigenvalue weighted by Gasteiger charge is 2.48. The van der Waals surface area contributed by atoms with Crippen LogP contribution < -0.4 is 0 Å². The Labute approximate surface area is 162 Å². The van der Waals surface area contributed by atoms with Crippen LogP contribution in [0.1, 0.15) is 41.7 Å². The number of rotatable bonds is 5. The Balaban J connectivity index is 2.05. The average molecular weight is 439 g/mol. The predicted molar refractivity (Wildman–Crippen MR) is 104 cm³/mol. The van der Waals surface area contributed by atoms with Crippen LogP contribution in [0.3, 0.4) is 0 Å². The fraction of sp³-hybridized carbons (Fsp3) is 0.333. The van der Waals surface area contributed by atoms with E-state index in [9.17, 15) is 13.6 Å². The van der Waals surface area contributed by atoms with Gasteiger partial charge in [-0.2, -0.15) is 5.10 Å². The summed E-state index contributed by atoms with van der Waals surface area (Å²) in [5.74, 6) is -0.648. The number of carbonyl (C=O) groups excluding carboxylic acids is 1. The van der Waals surface area contributed by atoms with Crippen molar-refractivity contribution in [3.8, 4) is 0 Å². The normalized spacial score (nSPS) is 23.1. The van der Waals surface area contributed by atoms with E-state index in [4.69, 9.17) is 4.74 Å². The minimum atomic E-state index is -2.10. The molecule has 3 rings (SSSR count). The van der Waals surface area contributed by atoms with Crippen molar-refractivity contribution in [3.63, 3.8) is 0 Å². The molecule has 0 saturated carbocycles. The highest BCUT2D eigenvalue weighted by molar-refractivity contribution is 9.10. The van der Waals surface area contributed by atoms with Crippen molar-refractivity contribution in [2.75, 3.05) is 5.75 Å². The molecule has 0 bridgehead atoms. The van der Waals surface area contributed by atoms with Gasteiger partial charge in [-0.3, -0.25) is 0 Å². The molecule has 0 radical (unpaired) electrons. The minimum Gasteiger partial charge on any atom is -0.450 e. The van der Waals surface area contributed by atoms with E-state index in [1.165, 1.54) is 0 Å². The Morgan fingerprint density at radius 2 is 2.04 bits per heavy atom. The zero-order valence-electron chi connectivity index (χ0n) is 14.4. The number of benzene rings is 1. The number of esters is 1. The molecule has 138 valence electrons. The number of hydrogen-bond donors (Lipinski definition) is 1. The number of halogens is 1. The molecule has 1 aromatic carbocycles. The molecule has 0 amide bonds. The molecule has 1 aliphatic heterocycles.